The molecule has 0 aliphatic carbocycles. The van der Waals surface area contributed by atoms with E-state index in [2.05, 4.69) is 53.4 Å². The first kappa shape index (κ1) is 15.1. The SMILES string of the molecule is CC(C)c1ccc(CNCc2ncncc2C(=O)O)cc1. The molecule has 0 aliphatic rings. The number of carboxylic acids is 1. The van der Waals surface area contributed by atoms with Gasteiger partial charge in [0.1, 0.15) is 11.9 Å². The highest BCUT2D eigenvalue weighted by Crippen LogP contribution is 2.14. The first-order valence-corrected chi connectivity index (χ1v) is 6.89. The molecule has 1 aromatic carbocycles. The average Bonchev–Trinajstić information content (AvgIpc) is 2.48. The summed E-state index contributed by atoms with van der Waals surface area (Å²) in [5.74, 6) is -0.486. The molecule has 5 heteroatoms. The summed E-state index contributed by atoms with van der Waals surface area (Å²) < 4.78 is 0. The molecule has 1 aromatic heterocycles. The molecule has 0 spiro atoms. The van der Waals surface area contributed by atoms with Gasteiger partial charge in [-0.3, -0.25) is 0 Å². The first-order valence-electron chi connectivity index (χ1n) is 6.89. The Kier molecular flexibility index (Phi) is 5.00. The zero-order chi connectivity index (χ0) is 15.2. The van der Waals surface area contributed by atoms with E-state index in [-0.39, 0.29) is 5.56 Å². The number of hydrogen-bond donors (Lipinski definition) is 2. The molecule has 2 rings (SSSR count). The predicted octanol–water partition coefficient (Wildman–Crippen LogP) is 2.59. The Balaban J connectivity index is 1.94. The molecule has 2 N–H and O–H groups in total. The van der Waals surface area contributed by atoms with Gasteiger partial charge >= 0.3 is 5.97 Å². The van der Waals surface area contributed by atoms with Gasteiger partial charge < -0.3 is 10.4 Å². The molecule has 1 heterocycles. The number of benzene rings is 1. The fourth-order valence-electron chi connectivity index (χ4n) is 2.02. The molecule has 21 heavy (non-hydrogen) atoms. The van der Waals surface area contributed by atoms with E-state index >= 15 is 0 Å². The van der Waals surface area contributed by atoms with E-state index in [1.54, 1.807) is 0 Å². The highest BCUT2D eigenvalue weighted by Gasteiger charge is 2.10. The van der Waals surface area contributed by atoms with Gasteiger partial charge in [0, 0.05) is 19.3 Å². The van der Waals surface area contributed by atoms with E-state index in [9.17, 15) is 4.79 Å². The van der Waals surface area contributed by atoms with Gasteiger partial charge in [0.25, 0.3) is 0 Å². The van der Waals surface area contributed by atoms with E-state index in [0.717, 1.165) is 5.56 Å². The van der Waals surface area contributed by atoms with Crippen molar-refractivity contribution >= 4 is 5.97 Å². The van der Waals surface area contributed by atoms with Crippen LogP contribution in [0.25, 0.3) is 0 Å². The fraction of sp³-hybridized carbons (Fsp3) is 0.312. The Morgan fingerprint density at radius 3 is 2.57 bits per heavy atom. The lowest BCUT2D eigenvalue weighted by atomic mass is 10.0. The number of nitrogens with zero attached hydrogens (tertiary/aromatic N) is 2. The van der Waals surface area contributed by atoms with E-state index in [0.29, 0.717) is 24.7 Å². The Morgan fingerprint density at radius 1 is 1.24 bits per heavy atom. The van der Waals surface area contributed by atoms with Crippen molar-refractivity contribution in [2.24, 2.45) is 0 Å². The molecule has 5 nitrogen and oxygen atoms in total. The third kappa shape index (κ3) is 4.10. The first-order chi connectivity index (χ1) is 10.1. The lowest BCUT2D eigenvalue weighted by Crippen LogP contribution is -2.17. The topological polar surface area (TPSA) is 75.1 Å². The zero-order valence-corrected chi connectivity index (χ0v) is 12.2. The quantitative estimate of drug-likeness (QED) is 0.853. The Morgan fingerprint density at radius 2 is 1.95 bits per heavy atom. The van der Waals surface area contributed by atoms with Gasteiger partial charge in [0.2, 0.25) is 0 Å². The van der Waals surface area contributed by atoms with E-state index in [4.69, 9.17) is 5.11 Å². The lowest BCUT2D eigenvalue weighted by molar-refractivity contribution is 0.0694. The maximum Gasteiger partial charge on any atom is 0.339 e. The molecule has 0 atom stereocenters. The van der Waals surface area contributed by atoms with Gasteiger partial charge in [0.15, 0.2) is 0 Å². The van der Waals surface area contributed by atoms with Crippen LogP contribution in [0.15, 0.2) is 36.8 Å². The summed E-state index contributed by atoms with van der Waals surface area (Å²) in [5, 5.41) is 12.3. The van der Waals surface area contributed by atoms with Crippen molar-refractivity contribution in [3.05, 3.63) is 59.2 Å². The monoisotopic (exact) mass is 285 g/mol. The molecule has 0 bridgehead atoms. The van der Waals surface area contributed by atoms with Crippen molar-refractivity contribution in [2.45, 2.75) is 32.9 Å². The second kappa shape index (κ2) is 6.95. The fourth-order valence-corrected chi connectivity index (χ4v) is 2.02. The maximum absolute atomic E-state index is 11.0. The van der Waals surface area contributed by atoms with Gasteiger partial charge in [-0.1, -0.05) is 38.1 Å². The third-order valence-electron chi connectivity index (χ3n) is 3.29. The average molecular weight is 285 g/mol. The van der Waals surface area contributed by atoms with Gasteiger partial charge in [0.05, 0.1) is 5.69 Å². The third-order valence-corrected chi connectivity index (χ3v) is 3.29. The van der Waals surface area contributed by atoms with E-state index < -0.39 is 5.97 Å². The Labute approximate surface area is 124 Å². The van der Waals surface area contributed by atoms with Crippen molar-refractivity contribution in [1.82, 2.24) is 15.3 Å². The second-order valence-corrected chi connectivity index (χ2v) is 5.19. The van der Waals surface area contributed by atoms with Gasteiger partial charge in [-0.15, -0.1) is 0 Å². The van der Waals surface area contributed by atoms with Crippen LogP contribution in [0.2, 0.25) is 0 Å². The normalized spacial score (nSPS) is 10.8. The van der Waals surface area contributed by atoms with Crippen LogP contribution in [0.1, 0.15) is 46.9 Å². The maximum atomic E-state index is 11.0. The van der Waals surface area contributed by atoms with Crippen LogP contribution in [0.3, 0.4) is 0 Å². The molecule has 0 aliphatic heterocycles. The van der Waals surface area contributed by atoms with Crippen LogP contribution in [0.4, 0.5) is 0 Å². The minimum absolute atomic E-state index is 0.139. The summed E-state index contributed by atoms with van der Waals surface area (Å²) in [6, 6.07) is 8.41. The highest BCUT2D eigenvalue weighted by molar-refractivity contribution is 5.88. The number of hydrogen-bond acceptors (Lipinski definition) is 4. The molecule has 0 saturated carbocycles. The summed E-state index contributed by atoms with van der Waals surface area (Å²) in [6.45, 7) is 5.39. The largest absolute Gasteiger partial charge is 0.478 e. The van der Waals surface area contributed by atoms with Crippen molar-refractivity contribution < 1.29 is 9.90 Å². The van der Waals surface area contributed by atoms with Crippen molar-refractivity contribution in [1.29, 1.82) is 0 Å². The minimum Gasteiger partial charge on any atom is -0.478 e. The molecule has 0 radical (unpaired) electrons. The molecule has 0 unspecified atom stereocenters. The van der Waals surface area contributed by atoms with Crippen molar-refractivity contribution in [3.8, 4) is 0 Å². The second-order valence-electron chi connectivity index (χ2n) is 5.19. The van der Waals surface area contributed by atoms with Crippen molar-refractivity contribution in [3.63, 3.8) is 0 Å². The van der Waals surface area contributed by atoms with Crippen LogP contribution in [-0.4, -0.2) is 21.0 Å². The molecule has 0 saturated heterocycles. The van der Waals surface area contributed by atoms with Crippen LogP contribution in [0, 0.1) is 0 Å². The van der Waals surface area contributed by atoms with Crippen LogP contribution in [0.5, 0.6) is 0 Å². The zero-order valence-electron chi connectivity index (χ0n) is 12.2. The minimum atomic E-state index is -1.01. The molecule has 110 valence electrons. The molecular formula is C16H19N3O2. The summed E-state index contributed by atoms with van der Waals surface area (Å²) in [4.78, 5) is 18.8. The molecule has 0 amide bonds. The predicted molar refractivity (Wildman–Crippen MR) is 80.1 cm³/mol. The van der Waals surface area contributed by atoms with Crippen LogP contribution < -0.4 is 5.32 Å². The van der Waals surface area contributed by atoms with E-state index in [1.165, 1.54) is 18.1 Å². The summed E-state index contributed by atoms with van der Waals surface area (Å²) >= 11 is 0. The number of aromatic nitrogens is 2. The van der Waals surface area contributed by atoms with Gasteiger partial charge in [-0.05, 0) is 17.0 Å². The molecule has 2 aromatic rings. The molecule has 0 fully saturated rings. The standard InChI is InChI=1S/C16H19N3O2/c1-11(2)13-5-3-12(4-6-13)7-17-9-15-14(16(20)21)8-18-10-19-15/h3-6,8,10-11,17H,7,9H2,1-2H3,(H,20,21). The highest BCUT2D eigenvalue weighted by atomic mass is 16.4. The Hall–Kier alpha value is -2.27. The molecular weight excluding hydrogens is 266 g/mol. The summed E-state index contributed by atoms with van der Waals surface area (Å²) in [5.41, 5.74) is 3.10. The number of carbonyl (C=O) groups is 1. The van der Waals surface area contributed by atoms with E-state index in [1.807, 2.05) is 0 Å². The van der Waals surface area contributed by atoms with Crippen molar-refractivity contribution in [2.75, 3.05) is 0 Å². The number of carboxylic acid groups (broad SMARTS) is 1. The number of aromatic carboxylic acids is 1. The Bertz CT molecular complexity index is 609. The van der Waals surface area contributed by atoms with Gasteiger partial charge in [-0.2, -0.15) is 0 Å². The summed E-state index contributed by atoms with van der Waals surface area (Å²) in [6.07, 6.45) is 2.69. The summed E-state index contributed by atoms with van der Waals surface area (Å²) in [7, 11) is 0. The van der Waals surface area contributed by atoms with Crippen LogP contribution in [-0.2, 0) is 13.1 Å². The number of rotatable bonds is 6. The smallest absolute Gasteiger partial charge is 0.339 e. The van der Waals surface area contributed by atoms with Crippen LogP contribution >= 0.6 is 0 Å². The number of nitrogens with one attached hydrogen (secondary N) is 1. The lowest BCUT2D eigenvalue weighted by Gasteiger charge is -2.09. The van der Waals surface area contributed by atoms with Gasteiger partial charge in [-0.25, -0.2) is 14.8 Å².